The zero-order valence-corrected chi connectivity index (χ0v) is 12.5. The fourth-order valence-electron chi connectivity index (χ4n) is 2.29. The average Bonchev–Trinajstić information content (AvgIpc) is 2.48. The Kier molecular flexibility index (Phi) is 5.71. The van der Waals surface area contributed by atoms with Gasteiger partial charge in [-0.05, 0) is 18.8 Å². The molecule has 8 heteroatoms. The van der Waals surface area contributed by atoms with Gasteiger partial charge in [-0.25, -0.2) is 0 Å². The van der Waals surface area contributed by atoms with Gasteiger partial charge < -0.3 is 4.90 Å². The maximum atomic E-state index is 12.2. The summed E-state index contributed by atoms with van der Waals surface area (Å²) in [6.07, 6.45) is 2.61. The Bertz CT molecular complexity index is 525. The van der Waals surface area contributed by atoms with Crippen LogP contribution in [0.1, 0.15) is 22.5 Å². The molecule has 20 heavy (non-hydrogen) atoms. The van der Waals surface area contributed by atoms with Crippen LogP contribution in [0.2, 0.25) is 0 Å². The topological polar surface area (TPSA) is 76.3 Å². The highest BCUT2D eigenvalue weighted by molar-refractivity contribution is 6.17. The molecule has 0 fully saturated rings. The Morgan fingerprint density at radius 3 is 2.90 bits per heavy atom. The van der Waals surface area contributed by atoms with Gasteiger partial charge in [-0.3, -0.25) is 19.9 Å². The summed E-state index contributed by atoms with van der Waals surface area (Å²) in [5, 5.41) is 10.8. The number of rotatable bonds is 3. The zero-order valence-electron chi connectivity index (χ0n) is 10.9. The van der Waals surface area contributed by atoms with Crippen molar-refractivity contribution in [1.82, 2.24) is 9.88 Å². The lowest BCUT2D eigenvalue weighted by molar-refractivity contribution is -0.385. The number of halogens is 2. The van der Waals surface area contributed by atoms with Crippen molar-refractivity contribution in [2.75, 3.05) is 19.5 Å². The number of alkyl halides is 1. The summed E-state index contributed by atoms with van der Waals surface area (Å²) in [6, 6.07) is 1.31. The van der Waals surface area contributed by atoms with Crippen LogP contribution in [0.15, 0.2) is 12.3 Å². The molecule has 0 aliphatic carbocycles. The van der Waals surface area contributed by atoms with E-state index in [0.717, 1.165) is 6.42 Å². The first-order valence-corrected chi connectivity index (χ1v) is 6.51. The number of hydrogen-bond donors (Lipinski definition) is 0. The van der Waals surface area contributed by atoms with E-state index in [1.807, 2.05) is 0 Å². The van der Waals surface area contributed by atoms with E-state index >= 15 is 0 Å². The molecule has 0 spiro atoms. The summed E-state index contributed by atoms with van der Waals surface area (Å²) in [5.74, 6) is 0.541. The minimum Gasteiger partial charge on any atom is -0.341 e. The minimum absolute atomic E-state index is 0. The normalized spacial score (nSPS) is 18.0. The standard InChI is InChI=1S/C12H14ClN3O3.ClH/c1-15-7-8(2-3-13)4-11-10(12(15)17)5-9(6-14-11)16(18)19;/h5-6,8H,2-4,7H2,1H3;1H. The quantitative estimate of drug-likeness (QED) is 0.486. The van der Waals surface area contributed by atoms with Crippen LogP contribution >= 0.6 is 24.0 Å². The SMILES string of the molecule is CN1CC(CCCl)Cc2ncc([N+](=O)[O-])cc2C1=O.Cl. The lowest BCUT2D eigenvalue weighted by Crippen LogP contribution is -2.30. The van der Waals surface area contributed by atoms with Crippen LogP contribution in [0.25, 0.3) is 0 Å². The van der Waals surface area contributed by atoms with Gasteiger partial charge in [0.05, 0.1) is 16.2 Å². The van der Waals surface area contributed by atoms with Crippen LogP contribution in [0, 0.1) is 16.0 Å². The molecular weight excluding hydrogens is 305 g/mol. The van der Waals surface area contributed by atoms with E-state index in [9.17, 15) is 14.9 Å². The molecule has 2 rings (SSSR count). The predicted molar refractivity (Wildman–Crippen MR) is 77.6 cm³/mol. The molecule has 1 aliphatic heterocycles. The zero-order chi connectivity index (χ0) is 14.0. The van der Waals surface area contributed by atoms with Crippen LogP contribution in [0.4, 0.5) is 5.69 Å². The lowest BCUT2D eigenvalue weighted by atomic mass is 9.99. The van der Waals surface area contributed by atoms with Crippen molar-refractivity contribution in [1.29, 1.82) is 0 Å². The third-order valence-corrected chi connectivity index (χ3v) is 3.49. The molecule has 0 saturated carbocycles. The second kappa shape index (κ2) is 6.85. The fraction of sp³-hybridized carbons (Fsp3) is 0.500. The molecule has 6 nitrogen and oxygen atoms in total. The van der Waals surface area contributed by atoms with Gasteiger partial charge in [-0.1, -0.05) is 0 Å². The van der Waals surface area contributed by atoms with Crippen LogP contribution in [0.5, 0.6) is 0 Å². The molecule has 1 unspecified atom stereocenters. The molecule has 1 aromatic heterocycles. The summed E-state index contributed by atoms with van der Waals surface area (Å²) in [5.41, 5.74) is 0.792. The van der Waals surface area contributed by atoms with Crippen molar-refractivity contribution < 1.29 is 9.72 Å². The highest BCUT2D eigenvalue weighted by atomic mass is 35.5. The van der Waals surface area contributed by atoms with E-state index in [2.05, 4.69) is 4.98 Å². The van der Waals surface area contributed by atoms with E-state index < -0.39 is 4.92 Å². The van der Waals surface area contributed by atoms with Crippen molar-refractivity contribution in [2.24, 2.45) is 5.92 Å². The molecule has 1 atom stereocenters. The monoisotopic (exact) mass is 319 g/mol. The Morgan fingerprint density at radius 2 is 2.30 bits per heavy atom. The van der Waals surface area contributed by atoms with E-state index in [0.29, 0.717) is 30.1 Å². The molecule has 1 amide bonds. The first kappa shape index (κ1) is 16.7. The van der Waals surface area contributed by atoms with Crippen LogP contribution in [-0.2, 0) is 6.42 Å². The Morgan fingerprint density at radius 1 is 1.60 bits per heavy atom. The summed E-state index contributed by atoms with van der Waals surface area (Å²) in [4.78, 5) is 28.1. The van der Waals surface area contributed by atoms with Crippen molar-refractivity contribution in [3.8, 4) is 0 Å². The van der Waals surface area contributed by atoms with Gasteiger partial charge >= 0.3 is 0 Å². The number of aromatic nitrogens is 1. The molecule has 0 aromatic carbocycles. The van der Waals surface area contributed by atoms with Crippen LogP contribution < -0.4 is 0 Å². The van der Waals surface area contributed by atoms with Crippen molar-refractivity contribution in [3.05, 3.63) is 33.6 Å². The van der Waals surface area contributed by atoms with Gasteiger partial charge in [0.25, 0.3) is 11.6 Å². The number of hydrogen-bond acceptors (Lipinski definition) is 4. The number of carbonyl (C=O) groups excluding carboxylic acids is 1. The molecule has 0 bridgehead atoms. The molecule has 0 N–H and O–H groups in total. The number of carbonyl (C=O) groups is 1. The Hall–Kier alpha value is -1.40. The third-order valence-electron chi connectivity index (χ3n) is 3.28. The van der Waals surface area contributed by atoms with Crippen molar-refractivity contribution in [3.63, 3.8) is 0 Å². The second-order valence-corrected chi connectivity index (χ2v) is 5.06. The van der Waals surface area contributed by atoms with E-state index in [-0.39, 0.29) is 29.9 Å². The third kappa shape index (κ3) is 3.37. The molecule has 2 heterocycles. The van der Waals surface area contributed by atoms with Gasteiger partial charge in [-0.15, -0.1) is 24.0 Å². The summed E-state index contributed by atoms with van der Waals surface area (Å²) >= 11 is 5.75. The van der Waals surface area contributed by atoms with Gasteiger partial charge in [0, 0.05) is 25.5 Å². The number of pyridine rings is 1. The predicted octanol–water partition coefficient (Wildman–Crippen LogP) is 2.28. The smallest absolute Gasteiger partial charge is 0.288 e. The number of fused-ring (bicyclic) bond motifs is 1. The maximum Gasteiger partial charge on any atom is 0.288 e. The van der Waals surface area contributed by atoms with E-state index in [1.165, 1.54) is 12.3 Å². The largest absolute Gasteiger partial charge is 0.341 e. The molecule has 1 aliphatic rings. The number of amides is 1. The number of nitrogens with zero attached hydrogens (tertiary/aromatic N) is 3. The highest BCUT2D eigenvalue weighted by Gasteiger charge is 2.27. The minimum atomic E-state index is -0.540. The summed E-state index contributed by atoms with van der Waals surface area (Å²) in [7, 11) is 1.69. The molecule has 0 saturated heterocycles. The average molecular weight is 320 g/mol. The second-order valence-electron chi connectivity index (χ2n) is 4.68. The summed E-state index contributed by atoms with van der Waals surface area (Å²) < 4.78 is 0. The van der Waals surface area contributed by atoms with E-state index in [4.69, 9.17) is 11.6 Å². The van der Waals surface area contributed by atoms with Crippen LogP contribution in [0.3, 0.4) is 0 Å². The van der Waals surface area contributed by atoms with Gasteiger partial charge in [-0.2, -0.15) is 0 Å². The Balaban J connectivity index is 0.00000200. The molecule has 110 valence electrons. The van der Waals surface area contributed by atoms with Crippen molar-refractivity contribution in [2.45, 2.75) is 12.8 Å². The maximum absolute atomic E-state index is 12.2. The van der Waals surface area contributed by atoms with Gasteiger partial charge in [0.15, 0.2) is 0 Å². The first-order chi connectivity index (χ1) is 9.02. The molecule has 0 radical (unpaired) electrons. The molecule has 1 aromatic rings. The van der Waals surface area contributed by atoms with Crippen molar-refractivity contribution >= 4 is 35.6 Å². The fourth-order valence-corrected chi connectivity index (χ4v) is 2.60. The Labute approximate surface area is 127 Å². The first-order valence-electron chi connectivity index (χ1n) is 5.97. The van der Waals surface area contributed by atoms with Gasteiger partial charge in [0.1, 0.15) is 6.20 Å². The lowest BCUT2D eigenvalue weighted by Gasteiger charge is -2.19. The highest BCUT2D eigenvalue weighted by Crippen LogP contribution is 2.24. The molecular formula is C12H15Cl2N3O3. The number of nitro groups is 1. The van der Waals surface area contributed by atoms with E-state index in [1.54, 1.807) is 11.9 Å². The summed E-state index contributed by atoms with van der Waals surface area (Å²) in [6.45, 7) is 0.593. The van der Waals surface area contributed by atoms with Crippen LogP contribution in [-0.4, -0.2) is 40.2 Å². The van der Waals surface area contributed by atoms with Gasteiger partial charge in [0.2, 0.25) is 0 Å².